The van der Waals surface area contributed by atoms with Crippen molar-refractivity contribution < 1.29 is 0 Å². The van der Waals surface area contributed by atoms with Gasteiger partial charge < -0.3 is 0 Å². The lowest BCUT2D eigenvalue weighted by Crippen LogP contribution is -2.26. The van der Waals surface area contributed by atoms with Crippen LogP contribution in [0.15, 0.2) is 231 Å². The van der Waals surface area contributed by atoms with Gasteiger partial charge in [-0.1, -0.05) is 206 Å². The molecule has 0 amide bonds. The number of benzene rings is 12. The van der Waals surface area contributed by atoms with Crippen molar-refractivity contribution in [3.8, 4) is 55.6 Å². The van der Waals surface area contributed by atoms with E-state index in [1.807, 2.05) is 0 Å². The first-order valence-corrected chi connectivity index (χ1v) is 22.1. The predicted molar refractivity (Wildman–Crippen MR) is 267 cm³/mol. The molecule has 2 aliphatic carbocycles. The molecule has 0 fully saturated rings. The minimum Gasteiger partial charge on any atom is -0.0619 e. The maximum Gasteiger partial charge on any atom is 0.0731 e. The van der Waals surface area contributed by atoms with Crippen molar-refractivity contribution in [2.45, 2.75) is 5.41 Å². The van der Waals surface area contributed by atoms with Crippen molar-refractivity contribution in [1.29, 1.82) is 0 Å². The molecular formula is C63H38. The Kier molecular flexibility index (Phi) is 7.13. The molecule has 0 bridgehead atoms. The van der Waals surface area contributed by atoms with Gasteiger partial charge in [-0.25, -0.2) is 0 Å². The molecular weight excluding hydrogens is 757 g/mol. The van der Waals surface area contributed by atoms with Gasteiger partial charge in [0, 0.05) is 0 Å². The molecule has 12 aromatic rings. The van der Waals surface area contributed by atoms with E-state index in [0.29, 0.717) is 0 Å². The van der Waals surface area contributed by atoms with Crippen molar-refractivity contribution >= 4 is 53.9 Å². The van der Waals surface area contributed by atoms with Gasteiger partial charge in [0.1, 0.15) is 0 Å². The van der Waals surface area contributed by atoms with Gasteiger partial charge in [-0.2, -0.15) is 0 Å². The highest BCUT2D eigenvalue weighted by Crippen LogP contribution is 2.64. The lowest BCUT2D eigenvalue weighted by molar-refractivity contribution is 0.802. The summed E-state index contributed by atoms with van der Waals surface area (Å²) >= 11 is 0. The first-order valence-electron chi connectivity index (χ1n) is 22.1. The van der Waals surface area contributed by atoms with Crippen LogP contribution in [0, 0.1) is 0 Å². The second kappa shape index (κ2) is 13.0. The Labute approximate surface area is 366 Å². The summed E-state index contributed by atoms with van der Waals surface area (Å²) in [6.45, 7) is 0. The topological polar surface area (TPSA) is 0 Å². The molecule has 290 valence electrons. The van der Waals surface area contributed by atoms with Gasteiger partial charge in [-0.3, -0.25) is 0 Å². The highest BCUT2D eigenvalue weighted by Gasteiger charge is 2.52. The Balaban J connectivity index is 0.928. The molecule has 0 heterocycles. The Morgan fingerprint density at radius 1 is 0.222 bits per heavy atom. The summed E-state index contributed by atoms with van der Waals surface area (Å²) in [5.74, 6) is 0. The van der Waals surface area contributed by atoms with Crippen molar-refractivity contribution in [1.82, 2.24) is 0 Å². The SMILES string of the molecule is c1ccc2c(c1)-c1ccccc1C21c2cc3ccccc3cc2-c2ccc3cc(-c4ccc(-c5c6ccccc6c(-c6ccc7ccccc7c6)c6ccccc56)cc4)ccc3c21. The second-order valence-corrected chi connectivity index (χ2v) is 17.5. The first kappa shape index (κ1) is 34.6. The van der Waals surface area contributed by atoms with E-state index in [-0.39, 0.29) is 0 Å². The normalized spacial score (nSPS) is 13.2. The van der Waals surface area contributed by atoms with Crippen molar-refractivity contribution in [2.75, 3.05) is 0 Å². The van der Waals surface area contributed by atoms with Crippen LogP contribution in [0.3, 0.4) is 0 Å². The van der Waals surface area contributed by atoms with Crippen LogP contribution in [0.4, 0.5) is 0 Å². The largest absolute Gasteiger partial charge is 0.0731 e. The van der Waals surface area contributed by atoms with Crippen LogP contribution in [0.25, 0.3) is 109 Å². The Hall–Kier alpha value is -8.06. The van der Waals surface area contributed by atoms with Gasteiger partial charge in [0.2, 0.25) is 0 Å². The maximum absolute atomic E-state index is 2.48. The summed E-state index contributed by atoms with van der Waals surface area (Å²) < 4.78 is 0. The monoisotopic (exact) mass is 794 g/mol. The predicted octanol–water partition coefficient (Wildman–Crippen LogP) is 16.8. The number of hydrogen-bond acceptors (Lipinski definition) is 0. The molecule has 63 heavy (non-hydrogen) atoms. The van der Waals surface area contributed by atoms with Crippen LogP contribution < -0.4 is 0 Å². The fourth-order valence-electron chi connectivity index (χ4n) is 11.8. The average Bonchev–Trinajstić information content (AvgIpc) is 3.81. The Morgan fingerprint density at radius 3 is 1.33 bits per heavy atom. The first-order chi connectivity index (χ1) is 31.2. The van der Waals surface area contributed by atoms with E-state index in [1.54, 1.807) is 0 Å². The van der Waals surface area contributed by atoms with Crippen LogP contribution in [0.1, 0.15) is 22.3 Å². The third-order valence-electron chi connectivity index (χ3n) is 14.4. The molecule has 0 atom stereocenters. The minimum absolute atomic E-state index is 0.417. The lowest BCUT2D eigenvalue weighted by atomic mass is 9.69. The third kappa shape index (κ3) is 4.75. The summed E-state index contributed by atoms with van der Waals surface area (Å²) in [7, 11) is 0. The zero-order valence-corrected chi connectivity index (χ0v) is 34.4. The van der Waals surface area contributed by atoms with Crippen LogP contribution >= 0.6 is 0 Å². The van der Waals surface area contributed by atoms with E-state index in [1.165, 1.54) is 132 Å². The van der Waals surface area contributed by atoms with E-state index in [4.69, 9.17) is 0 Å². The van der Waals surface area contributed by atoms with Gasteiger partial charge in [0.15, 0.2) is 0 Å². The van der Waals surface area contributed by atoms with Crippen LogP contribution in [0.5, 0.6) is 0 Å². The standard InChI is InChI=1S/C63H38/c1-2-14-42-36-47(30-27-39(42)13-1)61-53-21-7-5-19-51(53)60(52-20-6-8-22-54(52)61)41-28-25-40(26-29-41)45-31-33-48-46(35-45)32-34-55-56-37-43-15-3-4-16-44(43)38-59(56)63(62(48)55)57-23-11-9-17-49(57)50-18-10-12-24-58(50)63/h1-38H. The number of rotatable bonds is 3. The fourth-order valence-corrected chi connectivity index (χ4v) is 11.8. The van der Waals surface area contributed by atoms with E-state index >= 15 is 0 Å². The van der Waals surface area contributed by atoms with Crippen molar-refractivity contribution in [3.63, 3.8) is 0 Å². The fraction of sp³-hybridized carbons (Fsp3) is 0.0159. The van der Waals surface area contributed by atoms with Gasteiger partial charge in [0.05, 0.1) is 5.41 Å². The molecule has 0 aromatic heterocycles. The quantitative estimate of drug-likeness (QED) is 0.156. The van der Waals surface area contributed by atoms with E-state index in [0.717, 1.165) is 0 Å². The highest BCUT2D eigenvalue weighted by atomic mass is 14.5. The number of hydrogen-bond donors (Lipinski definition) is 0. The van der Waals surface area contributed by atoms with Gasteiger partial charge in [-0.15, -0.1) is 0 Å². The molecule has 2 aliphatic rings. The van der Waals surface area contributed by atoms with E-state index in [9.17, 15) is 0 Å². The van der Waals surface area contributed by atoms with Crippen molar-refractivity contribution in [2.24, 2.45) is 0 Å². The molecule has 1 spiro atoms. The van der Waals surface area contributed by atoms with E-state index in [2.05, 4.69) is 231 Å². The molecule has 0 radical (unpaired) electrons. The van der Waals surface area contributed by atoms with Gasteiger partial charge >= 0.3 is 0 Å². The maximum atomic E-state index is 2.48. The third-order valence-corrected chi connectivity index (χ3v) is 14.4. The summed E-state index contributed by atoms with van der Waals surface area (Å²) in [6.07, 6.45) is 0. The summed E-state index contributed by atoms with van der Waals surface area (Å²) in [5.41, 5.74) is 17.9. The summed E-state index contributed by atoms with van der Waals surface area (Å²) in [5, 5.41) is 12.7. The molecule has 0 heteroatoms. The second-order valence-electron chi connectivity index (χ2n) is 17.5. The molecule has 0 saturated heterocycles. The molecule has 0 unspecified atom stereocenters. The Bertz CT molecular complexity index is 3800. The molecule has 14 rings (SSSR count). The van der Waals surface area contributed by atoms with Crippen LogP contribution in [-0.4, -0.2) is 0 Å². The average molecular weight is 795 g/mol. The summed E-state index contributed by atoms with van der Waals surface area (Å²) in [4.78, 5) is 0. The molecule has 12 aromatic carbocycles. The van der Waals surface area contributed by atoms with Crippen LogP contribution in [-0.2, 0) is 5.41 Å². The van der Waals surface area contributed by atoms with E-state index < -0.39 is 5.41 Å². The highest BCUT2D eigenvalue weighted by molar-refractivity contribution is 6.22. The zero-order valence-electron chi connectivity index (χ0n) is 34.4. The Morgan fingerprint density at radius 2 is 0.683 bits per heavy atom. The van der Waals surface area contributed by atoms with Crippen molar-refractivity contribution in [3.05, 3.63) is 253 Å². The number of fused-ring (bicyclic) bond motifs is 16. The van der Waals surface area contributed by atoms with Gasteiger partial charge in [0.25, 0.3) is 0 Å². The van der Waals surface area contributed by atoms with Crippen LogP contribution in [0.2, 0.25) is 0 Å². The van der Waals surface area contributed by atoms with Gasteiger partial charge in [-0.05, 0) is 156 Å². The molecule has 0 aliphatic heterocycles. The minimum atomic E-state index is -0.417. The zero-order chi connectivity index (χ0) is 41.2. The molecule has 0 N–H and O–H groups in total. The lowest BCUT2D eigenvalue weighted by Gasteiger charge is -2.31. The summed E-state index contributed by atoms with van der Waals surface area (Å²) in [6, 6.07) is 86.6. The smallest absolute Gasteiger partial charge is 0.0619 e. The molecule has 0 saturated carbocycles. The molecule has 0 nitrogen and oxygen atoms in total.